The van der Waals surface area contributed by atoms with Crippen molar-refractivity contribution in [2.45, 2.75) is 6.61 Å². The van der Waals surface area contributed by atoms with E-state index in [0.29, 0.717) is 6.07 Å². The summed E-state index contributed by atoms with van der Waals surface area (Å²) in [6, 6.07) is 1.53. The number of benzene rings is 1. The Labute approximate surface area is 131 Å². The molecule has 0 aliphatic rings. The molecule has 11 heteroatoms. The summed E-state index contributed by atoms with van der Waals surface area (Å²) in [6.45, 7) is -3.16. The number of alkyl halides is 2. The number of halogens is 5. The van der Waals surface area contributed by atoms with Gasteiger partial charge in [-0.05, 0) is 0 Å². The number of nitro groups is 1. The zero-order valence-electron chi connectivity index (χ0n) is 10.7. The van der Waals surface area contributed by atoms with Gasteiger partial charge in [0.05, 0.1) is 4.92 Å². The molecule has 0 aliphatic heterocycles. The number of hydrogen-bond acceptors (Lipinski definition) is 4. The molecule has 0 fully saturated rings. The number of rotatable bonds is 4. The molecule has 118 valence electrons. The van der Waals surface area contributed by atoms with Crippen LogP contribution in [0.4, 0.5) is 18.9 Å². The van der Waals surface area contributed by atoms with Crippen LogP contribution in [-0.4, -0.2) is 21.3 Å². The lowest BCUT2D eigenvalue weighted by molar-refractivity contribution is -0.384. The van der Waals surface area contributed by atoms with Crippen LogP contribution in [0.15, 0.2) is 12.1 Å². The van der Waals surface area contributed by atoms with Crippen LogP contribution >= 0.6 is 23.2 Å². The van der Waals surface area contributed by atoms with Gasteiger partial charge in [-0.2, -0.15) is 13.9 Å². The van der Waals surface area contributed by atoms with E-state index in [-0.39, 0.29) is 11.3 Å². The summed E-state index contributed by atoms with van der Waals surface area (Å²) < 4.78 is 43.6. The van der Waals surface area contributed by atoms with Crippen LogP contribution in [0, 0.1) is 15.9 Å². The molecular formula is C11H6Cl2F3N3O3. The molecule has 1 heterocycles. The van der Waals surface area contributed by atoms with Crippen molar-refractivity contribution in [1.29, 1.82) is 0 Å². The zero-order chi connectivity index (χ0) is 16.6. The molecule has 0 aliphatic carbocycles. The standard InChI is InChI=1S/C11H6Cl2F3N3O3/c1-18-10(22-11(15)16)8(13)9(17-18)4-2-7(19(20)21)5(12)3-6(4)14/h2-3,11H,1H3. The molecule has 0 unspecified atom stereocenters. The van der Waals surface area contributed by atoms with Crippen LogP contribution in [-0.2, 0) is 7.05 Å². The number of ether oxygens (including phenoxy) is 1. The van der Waals surface area contributed by atoms with E-state index in [1.807, 2.05) is 0 Å². The molecule has 0 radical (unpaired) electrons. The predicted molar refractivity (Wildman–Crippen MR) is 71.9 cm³/mol. The molecule has 0 bridgehead atoms. The smallest absolute Gasteiger partial charge is 0.388 e. The number of aryl methyl sites for hydroxylation is 1. The Morgan fingerprint density at radius 1 is 1.41 bits per heavy atom. The van der Waals surface area contributed by atoms with Gasteiger partial charge in [-0.25, -0.2) is 9.07 Å². The third-order valence-corrected chi connectivity index (χ3v) is 3.27. The van der Waals surface area contributed by atoms with Gasteiger partial charge in [-0.1, -0.05) is 23.2 Å². The lowest BCUT2D eigenvalue weighted by atomic mass is 10.1. The van der Waals surface area contributed by atoms with Crippen molar-refractivity contribution in [3.05, 3.63) is 38.1 Å². The minimum atomic E-state index is -3.16. The Hall–Kier alpha value is -2.00. The maximum absolute atomic E-state index is 14.0. The second-order valence-corrected chi connectivity index (χ2v) is 4.80. The normalized spacial score (nSPS) is 11.0. The Morgan fingerprint density at radius 2 is 2.05 bits per heavy atom. The SMILES string of the molecule is Cn1nc(-c2cc([N+](=O)[O-])c(Cl)cc2F)c(Cl)c1OC(F)F. The van der Waals surface area contributed by atoms with E-state index in [1.54, 1.807) is 0 Å². The average molecular weight is 356 g/mol. The Bertz CT molecular complexity index is 752. The first kappa shape index (κ1) is 16.4. The van der Waals surface area contributed by atoms with Crippen molar-refractivity contribution >= 4 is 28.9 Å². The van der Waals surface area contributed by atoms with Crippen LogP contribution in [0.25, 0.3) is 11.3 Å². The largest absolute Gasteiger partial charge is 0.416 e. The highest BCUT2D eigenvalue weighted by molar-refractivity contribution is 6.34. The van der Waals surface area contributed by atoms with Crippen molar-refractivity contribution in [1.82, 2.24) is 9.78 Å². The van der Waals surface area contributed by atoms with E-state index in [4.69, 9.17) is 23.2 Å². The van der Waals surface area contributed by atoms with Crippen molar-refractivity contribution in [3.63, 3.8) is 0 Å². The summed E-state index contributed by atoms with van der Waals surface area (Å²) in [5.41, 5.74) is -1.21. The Morgan fingerprint density at radius 3 is 2.59 bits per heavy atom. The molecule has 1 aromatic heterocycles. The molecule has 0 N–H and O–H groups in total. The molecule has 6 nitrogen and oxygen atoms in total. The summed E-state index contributed by atoms with van der Waals surface area (Å²) in [5, 5.41) is 13.8. The monoisotopic (exact) mass is 355 g/mol. The van der Waals surface area contributed by atoms with Gasteiger partial charge in [-0.3, -0.25) is 10.1 Å². The van der Waals surface area contributed by atoms with E-state index in [9.17, 15) is 23.3 Å². The quantitative estimate of drug-likeness (QED) is 0.612. The second-order valence-electron chi connectivity index (χ2n) is 4.01. The van der Waals surface area contributed by atoms with Crippen LogP contribution in [0.1, 0.15) is 0 Å². The third-order valence-electron chi connectivity index (χ3n) is 2.63. The van der Waals surface area contributed by atoms with Gasteiger partial charge in [0.25, 0.3) is 5.69 Å². The van der Waals surface area contributed by atoms with Gasteiger partial charge in [0.1, 0.15) is 21.6 Å². The molecule has 0 spiro atoms. The average Bonchev–Trinajstić information content (AvgIpc) is 2.66. The first-order chi connectivity index (χ1) is 10.2. The van der Waals surface area contributed by atoms with Gasteiger partial charge in [-0.15, -0.1) is 0 Å². The number of aromatic nitrogens is 2. The molecule has 0 amide bonds. The fraction of sp³-hybridized carbons (Fsp3) is 0.182. The lowest BCUT2D eigenvalue weighted by Crippen LogP contribution is -2.06. The van der Waals surface area contributed by atoms with Gasteiger partial charge >= 0.3 is 6.61 Å². The van der Waals surface area contributed by atoms with Crippen molar-refractivity contribution < 1.29 is 22.8 Å². The number of hydrogen-bond donors (Lipinski definition) is 0. The first-order valence-corrected chi connectivity index (χ1v) is 6.29. The summed E-state index contributed by atoms with van der Waals surface area (Å²) in [6.07, 6.45) is 0. The maximum atomic E-state index is 14.0. The molecule has 2 rings (SSSR count). The van der Waals surface area contributed by atoms with Crippen LogP contribution < -0.4 is 4.74 Å². The molecule has 1 aromatic carbocycles. The fourth-order valence-corrected chi connectivity index (χ4v) is 2.25. The van der Waals surface area contributed by atoms with Gasteiger partial charge < -0.3 is 4.74 Å². The second kappa shape index (κ2) is 6.01. The minimum absolute atomic E-state index is 0.280. The van der Waals surface area contributed by atoms with Gasteiger partial charge in [0, 0.05) is 24.7 Å². The molecule has 0 saturated heterocycles. The molecule has 0 saturated carbocycles. The van der Waals surface area contributed by atoms with Crippen molar-refractivity contribution in [3.8, 4) is 17.1 Å². The van der Waals surface area contributed by atoms with E-state index in [1.165, 1.54) is 7.05 Å². The Balaban J connectivity index is 2.62. The highest BCUT2D eigenvalue weighted by Crippen LogP contribution is 2.39. The molecule has 22 heavy (non-hydrogen) atoms. The number of nitrogens with zero attached hydrogens (tertiary/aromatic N) is 3. The summed E-state index contributed by atoms with van der Waals surface area (Å²) in [5.74, 6) is -1.44. The molecule has 2 aromatic rings. The van der Waals surface area contributed by atoms with Crippen LogP contribution in [0.2, 0.25) is 10.0 Å². The van der Waals surface area contributed by atoms with Gasteiger partial charge in [0.15, 0.2) is 0 Å². The van der Waals surface area contributed by atoms with E-state index in [2.05, 4.69) is 9.84 Å². The summed E-state index contributed by atoms with van der Waals surface area (Å²) >= 11 is 11.4. The lowest BCUT2D eigenvalue weighted by Gasteiger charge is -2.04. The van der Waals surface area contributed by atoms with E-state index in [0.717, 1.165) is 10.7 Å². The minimum Gasteiger partial charge on any atom is -0.416 e. The number of nitro benzene ring substituents is 1. The van der Waals surface area contributed by atoms with Crippen LogP contribution in [0.5, 0.6) is 5.88 Å². The summed E-state index contributed by atoms with van der Waals surface area (Å²) in [7, 11) is 1.25. The highest BCUT2D eigenvalue weighted by atomic mass is 35.5. The van der Waals surface area contributed by atoms with E-state index < -0.39 is 39.0 Å². The first-order valence-electron chi connectivity index (χ1n) is 5.53. The topological polar surface area (TPSA) is 70.2 Å². The molecular weight excluding hydrogens is 350 g/mol. The Kier molecular flexibility index (Phi) is 4.47. The zero-order valence-corrected chi connectivity index (χ0v) is 12.2. The third kappa shape index (κ3) is 2.95. The molecule has 0 atom stereocenters. The predicted octanol–water partition coefficient (Wildman–Crippen LogP) is 4.04. The van der Waals surface area contributed by atoms with Crippen LogP contribution in [0.3, 0.4) is 0 Å². The summed E-state index contributed by atoms with van der Waals surface area (Å²) in [4.78, 5) is 10.0. The fourth-order valence-electron chi connectivity index (χ4n) is 1.73. The maximum Gasteiger partial charge on any atom is 0.388 e. The highest BCUT2D eigenvalue weighted by Gasteiger charge is 2.25. The van der Waals surface area contributed by atoms with Gasteiger partial charge in [0.2, 0.25) is 5.88 Å². The van der Waals surface area contributed by atoms with Crippen molar-refractivity contribution in [2.24, 2.45) is 7.05 Å². The van der Waals surface area contributed by atoms with E-state index >= 15 is 0 Å². The van der Waals surface area contributed by atoms with Crippen molar-refractivity contribution in [2.75, 3.05) is 0 Å².